The van der Waals surface area contributed by atoms with Crippen LogP contribution in [-0.4, -0.2) is 55.3 Å². The smallest absolute Gasteiger partial charge is 0.325 e. The summed E-state index contributed by atoms with van der Waals surface area (Å²) in [6.07, 6.45) is 0. The predicted octanol–water partition coefficient (Wildman–Crippen LogP) is 1.98. The van der Waals surface area contributed by atoms with E-state index in [1.54, 1.807) is 25.1 Å². The van der Waals surface area contributed by atoms with Gasteiger partial charge < -0.3 is 20.3 Å². The van der Waals surface area contributed by atoms with Gasteiger partial charge in [-0.05, 0) is 43.5 Å². The average Bonchev–Trinajstić information content (AvgIpc) is 2.73. The van der Waals surface area contributed by atoms with Gasteiger partial charge in [-0.2, -0.15) is 0 Å². The molecule has 164 valence electrons. The molecule has 0 aliphatic rings. The van der Waals surface area contributed by atoms with Gasteiger partial charge in [-0.3, -0.25) is 19.2 Å². The highest BCUT2D eigenvalue weighted by Gasteiger charge is 2.17. The Balaban J connectivity index is 1.75. The van der Waals surface area contributed by atoms with E-state index in [0.29, 0.717) is 11.3 Å². The van der Waals surface area contributed by atoms with Crippen molar-refractivity contribution in [1.29, 1.82) is 0 Å². The summed E-state index contributed by atoms with van der Waals surface area (Å²) >= 11 is 0. The summed E-state index contributed by atoms with van der Waals surface area (Å²) in [5.74, 6) is -2.04. The number of anilines is 1. The van der Waals surface area contributed by atoms with Crippen LogP contribution in [0.3, 0.4) is 0 Å². The van der Waals surface area contributed by atoms with Crippen LogP contribution >= 0.6 is 0 Å². The van der Waals surface area contributed by atoms with Crippen LogP contribution in [0, 0.1) is 20.8 Å². The summed E-state index contributed by atoms with van der Waals surface area (Å²) in [5.41, 5.74) is 3.79. The van der Waals surface area contributed by atoms with Crippen molar-refractivity contribution >= 4 is 29.4 Å². The Morgan fingerprint density at radius 3 is 2.16 bits per heavy atom. The number of esters is 1. The molecule has 8 nitrogen and oxygen atoms in total. The van der Waals surface area contributed by atoms with E-state index in [0.717, 1.165) is 16.7 Å². The SMILES string of the molecule is Cc1ccccc1C(=O)NCC(=O)OCC(=O)N(C)CC(=O)Nc1c(C)cccc1C. The van der Waals surface area contributed by atoms with E-state index in [1.165, 1.54) is 11.9 Å². The molecular formula is C23H27N3O5. The average molecular weight is 425 g/mol. The first-order valence-corrected chi connectivity index (χ1v) is 9.78. The molecule has 0 bridgehead atoms. The lowest BCUT2D eigenvalue weighted by molar-refractivity contribution is -0.150. The molecule has 0 fully saturated rings. The zero-order valence-corrected chi connectivity index (χ0v) is 18.2. The number of amides is 3. The number of ether oxygens (including phenoxy) is 1. The van der Waals surface area contributed by atoms with E-state index >= 15 is 0 Å². The fourth-order valence-electron chi connectivity index (χ4n) is 2.87. The monoisotopic (exact) mass is 425 g/mol. The van der Waals surface area contributed by atoms with Crippen LogP contribution in [0.2, 0.25) is 0 Å². The van der Waals surface area contributed by atoms with Crippen LogP contribution in [0.15, 0.2) is 42.5 Å². The molecule has 31 heavy (non-hydrogen) atoms. The molecule has 0 spiro atoms. The molecule has 0 aliphatic carbocycles. The van der Waals surface area contributed by atoms with Gasteiger partial charge in [0.2, 0.25) is 5.91 Å². The summed E-state index contributed by atoms with van der Waals surface area (Å²) in [6, 6.07) is 12.6. The first-order chi connectivity index (χ1) is 14.7. The van der Waals surface area contributed by atoms with Crippen molar-refractivity contribution in [1.82, 2.24) is 10.2 Å². The van der Waals surface area contributed by atoms with Gasteiger partial charge in [0.05, 0.1) is 6.54 Å². The van der Waals surface area contributed by atoms with Gasteiger partial charge >= 0.3 is 5.97 Å². The third kappa shape index (κ3) is 6.95. The molecule has 0 aliphatic heterocycles. The molecule has 0 saturated heterocycles. The molecule has 2 N–H and O–H groups in total. The summed E-state index contributed by atoms with van der Waals surface area (Å²) in [4.78, 5) is 49.5. The molecular weight excluding hydrogens is 398 g/mol. The fraction of sp³-hybridized carbons (Fsp3) is 0.304. The van der Waals surface area contributed by atoms with E-state index in [1.807, 2.05) is 38.1 Å². The molecule has 8 heteroatoms. The highest BCUT2D eigenvalue weighted by atomic mass is 16.5. The van der Waals surface area contributed by atoms with Gasteiger partial charge in [0, 0.05) is 18.3 Å². The van der Waals surface area contributed by atoms with Gasteiger partial charge in [-0.15, -0.1) is 0 Å². The molecule has 0 unspecified atom stereocenters. The van der Waals surface area contributed by atoms with Crippen molar-refractivity contribution in [2.75, 3.05) is 32.1 Å². The lowest BCUT2D eigenvalue weighted by Gasteiger charge is -2.18. The number of hydrogen-bond acceptors (Lipinski definition) is 5. The predicted molar refractivity (Wildman–Crippen MR) is 117 cm³/mol. The standard InChI is InChI=1S/C23H27N3O5/c1-15-8-5-6-11-18(15)23(30)24-12-21(29)31-14-20(28)26(4)13-19(27)25-22-16(2)9-7-10-17(22)3/h5-11H,12-14H2,1-4H3,(H,24,30)(H,25,27). The molecule has 0 saturated carbocycles. The minimum absolute atomic E-state index is 0.186. The number of hydrogen-bond donors (Lipinski definition) is 2. The second-order valence-corrected chi connectivity index (χ2v) is 7.22. The van der Waals surface area contributed by atoms with Crippen LogP contribution in [0.5, 0.6) is 0 Å². The molecule has 0 atom stereocenters. The van der Waals surface area contributed by atoms with E-state index in [-0.39, 0.29) is 19.0 Å². The fourth-order valence-corrected chi connectivity index (χ4v) is 2.87. The Kier molecular flexibility index (Phi) is 8.31. The largest absolute Gasteiger partial charge is 0.454 e. The number of rotatable bonds is 8. The first-order valence-electron chi connectivity index (χ1n) is 9.78. The summed E-state index contributed by atoms with van der Waals surface area (Å²) in [6.45, 7) is 4.49. The zero-order chi connectivity index (χ0) is 23.0. The molecule has 2 rings (SSSR count). The second-order valence-electron chi connectivity index (χ2n) is 7.22. The Labute approximate surface area is 181 Å². The normalized spacial score (nSPS) is 10.2. The summed E-state index contributed by atoms with van der Waals surface area (Å²) < 4.78 is 4.90. The van der Waals surface area contributed by atoms with E-state index in [9.17, 15) is 19.2 Å². The molecule has 3 amide bonds. The van der Waals surface area contributed by atoms with Crippen LogP contribution in [0.1, 0.15) is 27.0 Å². The maximum Gasteiger partial charge on any atom is 0.325 e. The maximum atomic E-state index is 12.2. The van der Waals surface area contributed by atoms with E-state index in [4.69, 9.17) is 4.74 Å². The molecule has 0 heterocycles. The number of carbonyl (C=O) groups is 4. The number of para-hydroxylation sites is 1. The van der Waals surface area contributed by atoms with E-state index < -0.39 is 24.4 Å². The lowest BCUT2D eigenvalue weighted by Crippen LogP contribution is -2.38. The van der Waals surface area contributed by atoms with Crippen molar-refractivity contribution in [3.05, 3.63) is 64.7 Å². The van der Waals surface area contributed by atoms with Gasteiger partial charge in [0.25, 0.3) is 11.8 Å². The maximum absolute atomic E-state index is 12.2. The number of aryl methyl sites for hydroxylation is 3. The Bertz CT molecular complexity index is 967. The van der Waals surface area contributed by atoms with Crippen molar-refractivity contribution in [3.8, 4) is 0 Å². The van der Waals surface area contributed by atoms with Crippen LogP contribution in [-0.2, 0) is 19.1 Å². The summed E-state index contributed by atoms with van der Waals surface area (Å²) in [7, 11) is 1.44. The Morgan fingerprint density at radius 1 is 0.903 bits per heavy atom. The van der Waals surface area contributed by atoms with Crippen LogP contribution < -0.4 is 10.6 Å². The minimum Gasteiger partial charge on any atom is -0.454 e. The topological polar surface area (TPSA) is 105 Å². The summed E-state index contributed by atoms with van der Waals surface area (Å²) in [5, 5.41) is 5.25. The van der Waals surface area contributed by atoms with Crippen molar-refractivity contribution in [3.63, 3.8) is 0 Å². The number of carbonyl (C=O) groups excluding carboxylic acids is 4. The second kappa shape index (κ2) is 10.9. The molecule has 2 aromatic carbocycles. The Hall–Kier alpha value is -3.68. The van der Waals surface area contributed by atoms with Crippen molar-refractivity contribution in [2.24, 2.45) is 0 Å². The van der Waals surface area contributed by atoms with Gasteiger partial charge in [-0.25, -0.2) is 0 Å². The van der Waals surface area contributed by atoms with Gasteiger partial charge in [-0.1, -0.05) is 36.4 Å². The van der Waals surface area contributed by atoms with E-state index in [2.05, 4.69) is 10.6 Å². The van der Waals surface area contributed by atoms with Crippen molar-refractivity contribution in [2.45, 2.75) is 20.8 Å². The molecule has 2 aromatic rings. The number of likely N-dealkylation sites (N-methyl/N-ethyl adjacent to an activating group) is 1. The van der Waals surface area contributed by atoms with Crippen LogP contribution in [0.4, 0.5) is 5.69 Å². The number of nitrogens with one attached hydrogen (secondary N) is 2. The lowest BCUT2D eigenvalue weighted by atomic mass is 10.1. The number of nitrogens with zero attached hydrogens (tertiary/aromatic N) is 1. The van der Waals surface area contributed by atoms with Gasteiger partial charge in [0.15, 0.2) is 6.61 Å². The third-order valence-electron chi connectivity index (χ3n) is 4.69. The number of benzene rings is 2. The highest BCUT2D eigenvalue weighted by molar-refractivity contribution is 5.97. The quantitative estimate of drug-likeness (QED) is 0.630. The zero-order valence-electron chi connectivity index (χ0n) is 18.2. The molecule has 0 aromatic heterocycles. The van der Waals surface area contributed by atoms with Gasteiger partial charge in [0.1, 0.15) is 6.54 Å². The van der Waals surface area contributed by atoms with Crippen molar-refractivity contribution < 1.29 is 23.9 Å². The third-order valence-corrected chi connectivity index (χ3v) is 4.69. The Morgan fingerprint density at radius 2 is 1.52 bits per heavy atom. The molecule has 0 radical (unpaired) electrons. The van der Waals surface area contributed by atoms with Crippen LogP contribution in [0.25, 0.3) is 0 Å². The first kappa shape index (κ1) is 23.6. The highest BCUT2D eigenvalue weighted by Crippen LogP contribution is 2.19. The minimum atomic E-state index is -0.747.